The molecule has 1 aliphatic heterocycles. The van der Waals surface area contributed by atoms with Gasteiger partial charge < -0.3 is 4.90 Å². The molecule has 1 fully saturated rings. The molecule has 0 bridgehead atoms. The third-order valence-electron chi connectivity index (χ3n) is 3.93. The van der Waals surface area contributed by atoms with Crippen LogP contribution in [0.5, 0.6) is 0 Å². The number of carbonyl (C=O) groups is 1. The van der Waals surface area contributed by atoms with E-state index in [0.717, 1.165) is 5.56 Å². The Morgan fingerprint density at radius 2 is 2.15 bits per heavy atom. The highest BCUT2D eigenvalue weighted by Gasteiger charge is 2.47. The summed E-state index contributed by atoms with van der Waals surface area (Å²) in [6, 6.07) is 6.47. The Morgan fingerprint density at radius 1 is 1.45 bits per heavy atom. The van der Waals surface area contributed by atoms with Gasteiger partial charge in [0.05, 0.1) is 5.54 Å². The second kappa shape index (κ2) is 5.52. The standard InChI is InChI=1S/C16H23FN2O/c1-5-16(4)15(20)19(10-11(2)3)14(18-16)12-7-6-8-13(17)9-12/h6-9,11,14,18H,5,10H2,1-4H3. The van der Waals surface area contributed by atoms with Gasteiger partial charge in [-0.3, -0.25) is 10.1 Å². The van der Waals surface area contributed by atoms with Crippen molar-refractivity contribution >= 4 is 5.91 Å². The Morgan fingerprint density at radius 3 is 2.70 bits per heavy atom. The molecular formula is C16H23FN2O. The van der Waals surface area contributed by atoms with Crippen molar-refractivity contribution in [3.05, 3.63) is 35.6 Å². The van der Waals surface area contributed by atoms with Gasteiger partial charge in [-0.2, -0.15) is 0 Å². The second-order valence-corrected chi connectivity index (χ2v) is 6.14. The molecule has 2 atom stereocenters. The van der Waals surface area contributed by atoms with Gasteiger partial charge in [0, 0.05) is 6.54 Å². The van der Waals surface area contributed by atoms with Crippen LogP contribution in [0.3, 0.4) is 0 Å². The van der Waals surface area contributed by atoms with Crippen molar-refractivity contribution in [1.29, 1.82) is 0 Å². The fourth-order valence-electron chi connectivity index (χ4n) is 2.65. The van der Waals surface area contributed by atoms with Crippen molar-refractivity contribution in [1.82, 2.24) is 10.2 Å². The van der Waals surface area contributed by atoms with Gasteiger partial charge in [0.25, 0.3) is 0 Å². The fraction of sp³-hybridized carbons (Fsp3) is 0.562. The number of nitrogens with zero attached hydrogens (tertiary/aromatic N) is 1. The molecule has 110 valence electrons. The molecule has 1 aliphatic rings. The number of halogens is 1. The van der Waals surface area contributed by atoms with E-state index in [0.29, 0.717) is 18.9 Å². The van der Waals surface area contributed by atoms with E-state index in [9.17, 15) is 9.18 Å². The molecule has 0 saturated carbocycles. The summed E-state index contributed by atoms with van der Waals surface area (Å²) in [5.74, 6) is 0.199. The largest absolute Gasteiger partial charge is 0.321 e. The van der Waals surface area contributed by atoms with Crippen LogP contribution in [0.1, 0.15) is 45.8 Å². The van der Waals surface area contributed by atoms with Crippen LogP contribution in [0.15, 0.2) is 24.3 Å². The van der Waals surface area contributed by atoms with Crippen LogP contribution in [0, 0.1) is 11.7 Å². The molecule has 4 heteroatoms. The predicted octanol–water partition coefficient (Wildman–Crippen LogP) is 3.08. The minimum Gasteiger partial charge on any atom is -0.321 e. The fourth-order valence-corrected chi connectivity index (χ4v) is 2.65. The second-order valence-electron chi connectivity index (χ2n) is 6.14. The third kappa shape index (κ3) is 2.70. The topological polar surface area (TPSA) is 32.3 Å². The molecule has 0 radical (unpaired) electrons. The summed E-state index contributed by atoms with van der Waals surface area (Å²) in [6.07, 6.45) is 0.470. The number of carbonyl (C=O) groups excluding carboxylic acids is 1. The summed E-state index contributed by atoms with van der Waals surface area (Å²) >= 11 is 0. The highest BCUT2D eigenvalue weighted by Crippen LogP contribution is 2.33. The van der Waals surface area contributed by atoms with Crippen LogP contribution in [-0.4, -0.2) is 22.9 Å². The van der Waals surface area contributed by atoms with Gasteiger partial charge in [0.1, 0.15) is 12.0 Å². The highest BCUT2D eigenvalue weighted by molar-refractivity contribution is 5.88. The molecule has 1 heterocycles. The lowest BCUT2D eigenvalue weighted by Crippen LogP contribution is -2.43. The van der Waals surface area contributed by atoms with Crippen molar-refractivity contribution in [3.63, 3.8) is 0 Å². The minimum absolute atomic E-state index is 0.1000. The first-order chi connectivity index (χ1) is 9.37. The Balaban J connectivity index is 2.36. The van der Waals surface area contributed by atoms with Crippen LogP contribution in [-0.2, 0) is 4.79 Å². The molecule has 0 aromatic heterocycles. The quantitative estimate of drug-likeness (QED) is 0.918. The smallest absolute Gasteiger partial charge is 0.244 e. The van der Waals surface area contributed by atoms with Crippen LogP contribution >= 0.6 is 0 Å². The molecule has 1 amide bonds. The van der Waals surface area contributed by atoms with E-state index in [4.69, 9.17) is 0 Å². The molecule has 1 saturated heterocycles. The highest BCUT2D eigenvalue weighted by atomic mass is 19.1. The van der Waals surface area contributed by atoms with Crippen LogP contribution in [0.25, 0.3) is 0 Å². The summed E-state index contributed by atoms with van der Waals surface area (Å²) < 4.78 is 13.5. The zero-order valence-corrected chi connectivity index (χ0v) is 12.6. The van der Waals surface area contributed by atoms with Crippen molar-refractivity contribution in [2.24, 2.45) is 5.92 Å². The SMILES string of the molecule is CCC1(C)NC(c2cccc(F)c2)N(CC(C)C)C1=O. The van der Waals surface area contributed by atoms with E-state index < -0.39 is 5.54 Å². The van der Waals surface area contributed by atoms with E-state index in [-0.39, 0.29) is 17.9 Å². The van der Waals surface area contributed by atoms with Crippen LogP contribution in [0.2, 0.25) is 0 Å². The van der Waals surface area contributed by atoms with Gasteiger partial charge in [-0.05, 0) is 37.0 Å². The van der Waals surface area contributed by atoms with Gasteiger partial charge in [-0.25, -0.2) is 4.39 Å². The Bertz CT molecular complexity index is 503. The normalized spacial score (nSPS) is 26.6. The first-order valence-electron chi connectivity index (χ1n) is 7.21. The van der Waals surface area contributed by atoms with E-state index in [1.54, 1.807) is 6.07 Å². The first kappa shape index (κ1) is 15.0. The van der Waals surface area contributed by atoms with Gasteiger partial charge in [-0.15, -0.1) is 0 Å². The lowest BCUT2D eigenvalue weighted by atomic mass is 9.99. The van der Waals surface area contributed by atoms with Crippen LogP contribution in [0.4, 0.5) is 4.39 Å². The lowest BCUT2D eigenvalue weighted by molar-refractivity contribution is -0.133. The molecule has 1 aromatic carbocycles. The maximum absolute atomic E-state index is 13.5. The molecule has 2 rings (SSSR count). The van der Waals surface area contributed by atoms with E-state index in [1.807, 2.05) is 24.8 Å². The lowest BCUT2D eigenvalue weighted by Gasteiger charge is -2.26. The molecule has 1 N–H and O–H groups in total. The van der Waals surface area contributed by atoms with E-state index in [1.165, 1.54) is 12.1 Å². The molecule has 20 heavy (non-hydrogen) atoms. The number of hydrogen-bond donors (Lipinski definition) is 1. The number of hydrogen-bond acceptors (Lipinski definition) is 2. The average molecular weight is 278 g/mol. The summed E-state index contributed by atoms with van der Waals surface area (Å²) in [7, 11) is 0. The molecule has 1 aromatic rings. The minimum atomic E-state index is -0.564. The summed E-state index contributed by atoms with van der Waals surface area (Å²) in [4.78, 5) is 14.5. The maximum Gasteiger partial charge on any atom is 0.244 e. The molecule has 0 spiro atoms. The average Bonchev–Trinajstić information content (AvgIpc) is 2.64. The number of amides is 1. The predicted molar refractivity (Wildman–Crippen MR) is 77.5 cm³/mol. The summed E-state index contributed by atoms with van der Waals surface area (Å²) in [6.45, 7) is 8.74. The van der Waals surface area contributed by atoms with Gasteiger partial charge in [0.15, 0.2) is 0 Å². The van der Waals surface area contributed by atoms with E-state index in [2.05, 4.69) is 19.2 Å². The maximum atomic E-state index is 13.5. The Labute approximate surface area is 120 Å². The summed E-state index contributed by atoms with van der Waals surface area (Å²) in [5.41, 5.74) is 0.238. The zero-order chi connectivity index (χ0) is 14.9. The Kier molecular flexibility index (Phi) is 4.14. The molecular weight excluding hydrogens is 255 g/mol. The van der Waals surface area contributed by atoms with Crippen molar-refractivity contribution in [3.8, 4) is 0 Å². The third-order valence-corrected chi connectivity index (χ3v) is 3.93. The number of nitrogens with one attached hydrogen (secondary N) is 1. The van der Waals surface area contributed by atoms with Gasteiger partial charge in [-0.1, -0.05) is 32.9 Å². The van der Waals surface area contributed by atoms with E-state index >= 15 is 0 Å². The summed E-state index contributed by atoms with van der Waals surface area (Å²) in [5, 5.41) is 3.38. The number of benzene rings is 1. The van der Waals surface area contributed by atoms with Gasteiger partial charge >= 0.3 is 0 Å². The van der Waals surface area contributed by atoms with Crippen molar-refractivity contribution < 1.29 is 9.18 Å². The van der Waals surface area contributed by atoms with Crippen molar-refractivity contribution in [2.45, 2.75) is 45.8 Å². The van der Waals surface area contributed by atoms with Gasteiger partial charge in [0.2, 0.25) is 5.91 Å². The molecule has 3 nitrogen and oxygen atoms in total. The zero-order valence-electron chi connectivity index (χ0n) is 12.6. The molecule has 0 aliphatic carbocycles. The monoisotopic (exact) mass is 278 g/mol. The Hall–Kier alpha value is -1.42. The van der Waals surface area contributed by atoms with Crippen molar-refractivity contribution in [2.75, 3.05) is 6.54 Å². The number of rotatable bonds is 4. The first-order valence-corrected chi connectivity index (χ1v) is 7.21. The molecule has 2 unspecified atom stereocenters. The van der Waals surface area contributed by atoms with Crippen LogP contribution < -0.4 is 5.32 Å².